The number of amidine groups is 1. The smallest absolute Gasteiger partial charge is 0.211 e. The minimum absolute atomic E-state index is 0.0883. The second-order valence-corrected chi connectivity index (χ2v) is 9.30. The SMILES string of the molecule is CS(=O)(=O)N1CCC(NC2=NC(N)(c3ccnc4c(F)cccc34)NC=C2)CC1. The number of nitrogens with zero attached hydrogens (tertiary/aromatic N) is 3. The molecule has 2 aliphatic rings. The average Bonchev–Trinajstić information content (AvgIpc) is 2.68. The maximum atomic E-state index is 14.1. The molecule has 2 aliphatic heterocycles. The van der Waals surface area contributed by atoms with Gasteiger partial charge < -0.3 is 10.6 Å². The second kappa shape index (κ2) is 7.36. The van der Waals surface area contributed by atoms with Crippen molar-refractivity contribution < 1.29 is 12.8 Å². The zero-order valence-electron chi connectivity index (χ0n) is 16.0. The van der Waals surface area contributed by atoms with Gasteiger partial charge in [-0.1, -0.05) is 12.1 Å². The number of sulfonamides is 1. The number of rotatable bonds is 3. The summed E-state index contributed by atoms with van der Waals surface area (Å²) in [4.78, 5) is 8.74. The molecule has 10 heteroatoms. The van der Waals surface area contributed by atoms with Crippen molar-refractivity contribution in [3.8, 4) is 0 Å². The van der Waals surface area contributed by atoms with Crippen molar-refractivity contribution in [3.05, 3.63) is 54.1 Å². The highest BCUT2D eigenvalue weighted by Gasteiger charge is 2.31. The maximum Gasteiger partial charge on any atom is 0.211 e. The number of benzene rings is 1. The Hall–Kier alpha value is -2.56. The first-order valence-electron chi connectivity index (χ1n) is 9.35. The molecule has 4 N–H and O–H groups in total. The molecule has 1 atom stereocenters. The van der Waals surface area contributed by atoms with Gasteiger partial charge >= 0.3 is 0 Å². The first-order valence-corrected chi connectivity index (χ1v) is 11.2. The number of hydrogen-bond acceptors (Lipinski definition) is 7. The maximum absolute atomic E-state index is 14.1. The monoisotopic (exact) mass is 418 g/mol. The zero-order valence-corrected chi connectivity index (χ0v) is 16.8. The van der Waals surface area contributed by atoms with Crippen LogP contribution in [-0.2, 0) is 15.8 Å². The standard InChI is InChI=1S/C19H23FN6O2S/c1-29(27,28)26-11-7-13(8-12-26)24-17-6-10-23-19(21,25-17)15-5-9-22-18-14(15)3-2-4-16(18)20/h2-6,9-10,13,23H,7-8,11-12,21H2,1H3,(H,24,25). The number of pyridine rings is 1. The molecule has 1 saturated heterocycles. The van der Waals surface area contributed by atoms with Crippen molar-refractivity contribution in [1.82, 2.24) is 19.9 Å². The molecule has 1 aromatic carbocycles. The molecule has 1 unspecified atom stereocenters. The number of nitrogens with two attached hydrogens (primary N) is 1. The summed E-state index contributed by atoms with van der Waals surface area (Å²) in [7, 11) is -3.17. The van der Waals surface area contributed by atoms with Crippen LogP contribution in [0.5, 0.6) is 0 Å². The molecule has 0 amide bonds. The van der Waals surface area contributed by atoms with Gasteiger partial charge in [-0.25, -0.2) is 22.1 Å². The van der Waals surface area contributed by atoms with E-state index in [1.165, 1.54) is 22.8 Å². The van der Waals surface area contributed by atoms with Gasteiger partial charge in [0.05, 0.1) is 6.26 Å². The van der Waals surface area contributed by atoms with E-state index in [9.17, 15) is 12.8 Å². The third kappa shape index (κ3) is 3.96. The van der Waals surface area contributed by atoms with Gasteiger partial charge in [0.1, 0.15) is 17.2 Å². The minimum Gasteiger partial charge on any atom is -0.367 e. The van der Waals surface area contributed by atoms with Crippen LogP contribution >= 0.6 is 0 Å². The number of fused-ring (bicyclic) bond motifs is 1. The van der Waals surface area contributed by atoms with E-state index in [0.29, 0.717) is 42.7 Å². The molecule has 4 rings (SSSR count). The lowest BCUT2D eigenvalue weighted by atomic mass is 10.0. The Balaban J connectivity index is 1.57. The highest BCUT2D eigenvalue weighted by molar-refractivity contribution is 7.88. The third-order valence-electron chi connectivity index (χ3n) is 5.25. The van der Waals surface area contributed by atoms with Crippen LogP contribution in [0.3, 0.4) is 0 Å². The van der Waals surface area contributed by atoms with E-state index in [4.69, 9.17) is 5.73 Å². The molecule has 0 saturated carbocycles. The van der Waals surface area contributed by atoms with Crippen molar-refractivity contribution in [2.45, 2.75) is 24.7 Å². The summed E-state index contributed by atoms with van der Waals surface area (Å²) in [5.41, 5.74) is 7.39. The fourth-order valence-corrected chi connectivity index (χ4v) is 4.61. The summed E-state index contributed by atoms with van der Waals surface area (Å²) in [6.45, 7) is 0.932. The van der Waals surface area contributed by atoms with E-state index in [1.807, 2.05) is 0 Å². The normalized spacial score (nSPS) is 23.6. The number of piperidine rings is 1. The number of hydrogen-bond donors (Lipinski definition) is 3. The van der Waals surface area contributed by atoms with E-state index in [-0.39, 0.29) is 11.6 Å². The first kappa shape index (κ1) is 19.7. The van der Waals surface area contributed by atoms with Gasteiger partial charge in [-0.2, -0.15) is 0 Å². The van der Waals surface area contributed by atoms with E-state index in [0.717, 1.165) is 0 Å². The van der Waals surface area contributed by atoms with Gasteiger partial charge in [-0.05, 0) is 31.1 Å². The van der Waals surface area contributed by atoms with Crippen LogP contribution in [0.15, 0.2) is 47.7 Å². The summed E-state index contributed by atoms with van der Waals surface area (Å²) in [6.07, 6.45) is 7.57. The van der Waals surface area contributed by atoms with Gasteiger partial charge in [-0.3, -0.25) is 10.7 Å². The Kier molecular flexibility index (Phi) is 5.01. The zero-order chi connectivity index (χ0) is 20.6. The fourth-order valence-electron chi connectivity index (χ4n) is 3.74. The van der Waals surface area contributed by atoms with E-state index >= 15 is 0 Å². The highest BCUT2D eigenvalue weighted by atomic mass is 32.2. The highest BCUT2D eigenvalue weighted by Crippen LogP contribution is 2.28. The van der Waals surface area contributed by atoms with Crippen molar-refractivity contribution in [1.29, 1.82) is 0 Å². The van der Waals surface area contributed by atoms with E-state index in [2.05, 4.69) is 20.6 Å². The predicted molar refractivity (Wildman–Crippen MR) is 110 cm³/mol. The molecule has 2 aromatic rings. The van der Waals surface area contributed by atoms with E-state index < -0.39 is 21.6 Å². The molecule has 1 aromatic heterocycles. The molecular formula is C19H23FN6O2S. The molecule has 154 valence electrons. The van der Waals surface area contributed by atoms with Crippen molar-refractivity contribution in [3.63, 3.8) is 0 Å². The Bertz CT molecular complexity index is 1100. The molecule has 29 heavy (non-hydrogen) atoms. The van der Waals surface area contributed by atoms with E-state index in [1.54, 1.807) is 30.5 Å². The molecule has 0 radical (unpaired) electrons. The number of aromatic nitrogens is 1. The summed E-state index contributed by atoms with van der Waals surface area (Å²) in [5.74, 6) is -1.11. The lowest BCUT2D eigenvalue weighted by molar-refractivity contribution is 0.307. The van der Waals surface area contributed by atoms with Gasteiger partial charge in [0, 0.05) is 42.5 Å². The van der Waals surface area contributed by atoms with Gasteiger partial charge in [0.2, 0.25) is 15.8 Å². The van der Waals surface area contributed by atoms with Gasteiger partial charge in [0.25, 0.3) is 0 Å². The van der Waals surface area contributed by atoms with Crippen LogP contribution in [0.4, 0.5) is 4.39 Å². The summed E-state index contributed by atoms with van der Waals surface area (Å²) in [6, 6.07) is 6.54. The Morgan fingerprint density at radius 1 is 1.31 bits per heavy atom. The number of para-hydroxylation sites is 1. The van der Waals surface area contributed by atoms with Crippen LogP contribution in [0.1, 0.15) is 18.4 Å². The topological polar surface area (TPSA) is 113 Å². The summed E-state index contributed by atoms with van der Waals surface area (Å²) >= 11 is 0. The Morgan fingerprint density at radius 3 is 2.79 bits per heavy atom. The molecule has 0 bridgehead atoms. The lowest BCUT2D eigenvalue weighted by Crippen LogP contribution is -2.52. The minimum atomic E-state index is -3.17. The summed E-state index contributed by atoms with van der Waals surface area (Å²) in [5, 5.41) is 6.98. The molecule has 1 fully saturated rings. The molecule has 3 heterocycles. The summed E-state index contributed by atoms with van der Waals surface area (Å²) < 4.78 is 38.9. The van der Waals surface area contributed by atoms with Crippen LogP contribution < -0.4 is 16.4 Å². The number of halogens is 1. The first-order chi connectivity index (χ1) is 13.8. The largest absolute Gasteiger partial charge is 0.367 e. The quantitative estimate of drug-likeness (QED) is 0.685. The Morgan fingerprint density at radius 2 is 2.07 bits per heavy atom. The van der Waals surface area contributed by atoms with Crippen molar-refractivity contribution in [2.24, 2.45) is 10.7 Å². The molecule has 0 spiro atoms. The van der Waals surface area contributed by atoms with Gasteiger partial charge in [-0.15, -0.1) is 0 Å². The van der Waals surface area contributed by atoms with Crippen LogP contribution in [0.25, 0.3) is 10.9 Å². The van der Waals surface area contributed by atoms with Crippen LogP contribution in [0, 0.1) is 5.82 Å². The lowest BCUT2D eigenvalue weighted by Gasteiger charge is -2.34. The Labute approximate surface area is 168 Å². The fraction of sp³-hybridized carbons (Fsp3) is 0.368. The number of nitrogens with one attached hydrogen (secondary N) is 2. The third-order valence-corrected chi connectivity index (χ3v) is 6.55. The van der Waals surface area contributed by atoms with Gasteiger partial charge in [0.15, 0.2) is 0 Å². The molecular weight excluding hydrogens is 395 g/mol. The predicted octanol–water partition coefficient (Wildman–Crippen LogP) is 0.972. The average molecular weight is 418 g/mol. The van der Waals surface area contributed by atoms with Crippen molar-refractivity contribution in [2.75, 3.05) is 19.3 Å². The van der Waals surface area contributed by atoms with Crippen LogP contribution in [0.2, 0.25) is 0 Å². The number of aliphatic imine (C=N–C) groups is 1. The molecule has 8 nitrogen and oxygen atoms in total. The van der Waals surface area contributed by atoms with Crippen molar-refractivity contribution >= 4 is 26.8 Å². The second-order valence-electron chi connectivity index (χ2n) is 7.32. The molecule has 0 aliphatic carbocycles. The van der Waals surface area contributed by atoms with Crippen LogP contribution in [-0.4, -0.2) is 48.9 Å².